The van der Waals surface area contributed by atoms with Crippen molar-refractivity contribution in [3.05, 3.63) is 23.8 Å². The van der Waals surface area contributed by atoms with Gasteiger partial charge in [0.25, 0.3) is 0 Å². The summed E-state index contributed by atoms with van der Waals surface area (Å²) in [6.45, 7) is 5.33. The van der Waals surface area contributed by atoms with Crippen LogP contribution in [0, 0.1) is 5.92 Å². The molecule has 19 heavy (non-hydrogen) atoms. The Balaban J connectivity index is 2.60. The van der Waals surface area contributed by atoms with Crippen molar-refractivity contribution in [1.82, 2.24) is 5.32 Å². The first-order valence-electron chi connectivity index (χ1n) is 6.83. The van der Waals surface area contributed by atoms with Gasteiger partial charge in [-0.2, -0.15) is 0 Å². The highest BCUT2D eigenvalue weighted by Crippen LogP contribution is 2.28. The predicted octanol–water partition coefficient (Wildman–Crippen LogP) is 2.46. The third-order valence-corrected chi connectivity index (χ3v) is 3.53. The first-order chi connectivity index (χ1) is 9.12. The van der Waals surface area contributed by atoms with Gasteiger partial charge in [0, 0.05) is 12.6 Å². The van der Waals surface area contributed by atoms with Gasteiger partial charge in [-0.05, 0) is 43.5 Å². The van der Waals surface area contributed by atoms with Crippen molar-refractivity contribution in [3.63, 3.8) is 0 Å². The number of benzene rings is 1. The van der Waals surface area contributed by atoms with Gasteiger partial charge in [0.2, 0.25) is 0 Å². The topological polar surface area (TPSA) is 61.7 Å². The van der Waals surface area contributed by atoms with E-state index in [0.29, 0.717) is 11.7 Å². The van der Waals surface area contributed by atoms with Gasteiger partial charge in [-0.25, -0.2) is 0 Å². The van der Waals surface area contributed by atoms with Crippen LogP contribution in [0.4, 0.5) is 0 Å². The van der Waals surface area contributed by atoms with Gasteiger partial charge < -0.3 is 20.3 Å². The monoisotopic (exact) mass is 267 g/mol. The number of phenolic OH excluding ortho intramolecular Hbond substituents is 1. The van der Waals surface area contributed by atoms with Crippen molar-refractivity contribution < 1.29 is 14.9 Å². The predicted molar refractivity (Wildman–Crippen MR) is 76.6 cm³/mol. The lowest BCUT2D eigenvalue weighted by atomic mass is 10.0. The highest BCUT2D eigenvalue weighted by molar-refractivity contribution is 5.42. The molecule has 108 valence electrons. The molecule has 0 bridgehead atoms. The first-order valence-corrected chi connectivity index (χ1v) is 6.83. The molecule has 0 saturated carbocycles. The smallest absolute Gasteiger partial charge is 0.160 e. The summed E-state index contributed by atoms with van der Waals surface area (Å²) in [5.74, 6) is 1.14. The van der Waals surface area contributed by atoms with Crippen LogP contribution in [0.3, 0.4) is 0 Å². The number of aliphatic hydroxyl groups excluding tert-OH is 1. The summed E-state index contributed by atoms with van der Waals surface area (Å²) in [6, 6.07) is 5.57. The maximum atomic E-state index is 9.57. The minimum Gasteiger partial charge on any atom is -0.504 e. The number of nitrogens with one attached hydrogen (secondary N) is 1. The molecule has 1 rings (SSSR count). The van der Waals surface area contributed by atoms with E-state index in [1.807, 2.05) is 12.1 Å². The molecule has 1 aromatic rings. The molecular weight excluding hydrogens is 242 g/mol. The number of aromatic hydroxyl groups is 1. The molecule has 0 aromatic heterocycles. The molecule has 3 N–H and O–H groups in total. The quantitative estimate of drug-likeness (QED) is 0.677. The molecule has 0 radical (unpaired) electrons. The van der Waals surface area contributed by atoms with Gasteiger partial charge in [-0.15, -0.1) is 0 Å². The minimum atomic E-state index is 0.158. The summed E-state index contributed by atoms with van der Waals surface area (Å²) in [6.07, 6.45) is 1.88. The summed E-state index contributed by atoms with van der Waals surface area (Å²) in [4.78, 5) is 0. The Hall–Kier alpha value is -1.26. The van der Waals surface area contributed by atoms with E-state index in [0.717, 1.165) is 24.9 Å². The van der Waals surface area contributed by atoms with Crippen LogP contribution in [0.15, 0.2) is 18.2 Å². The molecule has 0 heterocycles. The van der Waals surface area contributed by atoms with Crippen LogP contribution >= 0.6 is 0 Å². The second kappa shape index (κ2) is 8.02. The van der Waals surface area contributed by atoms with E-state index in [4.69, 9.17) is 9.84 Å². The third-order valence-electron chi connectivity index (χ3n) is 3.53. The van der Waals surface area contributed by atoms with E-state index < -0.39 is 0 Å². The van der Waals surface area contributed by atoms with Gasteiger partial charge >= 0.3 is 0 Å². The average Bonchev–Trinajstić information content (AvgIpc) is 2.43. The molecule has 0 saturated heterocycles. The fourth-order valence-electron chi connectivity index (χ4n) is 2.06. The standard InChI is InChI=1S/C15H25NO3/c1-4-12(7-8-17)10-16-11(2)13-5-6-14(18)15(9-13)19-3/h5-6,9,11-12,16-18H,4,7-8,10H2,1-3H3. The zero-order chi connectivity index (χ0) is 14.3. The molecule has 1 aromatic carbocycles. The molecule has 2 atom stereocenters. The van der Waals surface area contributed by atoms with Gasteiger partial charge in [-0.3, -0.25) is 0 Å². The number of hydrogen-bond donors (Lipinski definition) is 3. The average molecular weight is 267 g/mol. The summed E-state index contributed by atoms with van der Waals surface area (Å²) < 4.78 is 5.11. The van der Waals surface area contributed by atoms with E-state index in [9.17, 15) is 5.11 Å². The maximum Gasteiger partial charge on any atom is 0.160 e. The van der Waals surface area contributed by atoms with Crippen LogP contribution in [0.25, 0.3) is 0 Å². The molecular formula is C15H25NO3. The van der Waals surface area contributed by atoms with Crippen molar-refractivity contribution in [3.8, 4) is 11.5 Å². The van der Waals surface area contributed by atoms with E-state index in [1.54, 1.807) is 13.2 Å². The van der Waals surface area contributed by atoms with E-state index >= 15 is 0 Å². The fraction of sp³-hybridized carbons (Fsp3) is 0.600. The number of ether oxygens (including phenoxy) is 1. The number of phenols is 1. The van der Waals surface area contributed by atoms with Crippen molar-refractivity contribution in [2.24, 2.45) is 5.92 Å². The van der Waals surface area contributed by atoms with Crippen LogP contribution < -0.4 is 10.1 Å². The molecule has 0 aliphatic carbocycles. The normalized spacial score (nSPS) is 14.1. The van der Waals surface area contributed by atoms with Crippen molar-refractivity contribution in [2.45, 2.75) is 32.7 Å². The van der Waals surface area contributed by atoms with Crippen LogP contribution in [0.1, 0.15) is 38.3 Å². The van der Waals surface area contributed by atoms with Gasteiger partial charge in [0.05, 0.1) is 7.11 Å². The van der Waals surface area contributed by atoms with Gasteiger partial charge in [0.15, 0.2) is 11.5 Å². The van der Waals surface area contributed by atoms with Crippen LogP contribution in [0.2, 0.25) is 0 Å². The lowest BCUT2D eigenvalue weighted by Crippen LogP contribution is -2.26. The van der Waals surface area contributed by atoms with Crippen LogP contribution in [0.5, 0.6) is 11.5 Å². The van der Waals surface area contributed by atoms with Gasteiger partial charge in [0.1, 0.15) is 0 Å². The molecule has 0 aliphatic heterocycles. The number of rotatable bonds is 8. The summed E-state index contributed by atoms with van der Waals surface area (Å²) in [7, 11) is 1.55. The number of aliphatic hydroxyl groups is 1. The Labute approximate surface area is 115 Å². The lowest BCUT2D eigenvalue weighted by Gasteiger charge is -2.20. The SMILES string of the molecule is CCC(CCO)CNC(C)c1ccc(O)c(OC)c1. The van der Waals surface area contributed by atoms with Crippen molar-refractivity contribution >= 4 is 0 Å². The molecule has 4 heteroatoms. The number of hydrogen-bond acceptors (Lipinski definition) is 4. The van der Waals surface area contributed by atoms with Crippen LogP contribution in [-0.2, 0) is 0 Å². The lowest BCUT2D eigenvalue weighted by molar-refractivity contribution is 0.249. The minimum absolute atomic E-state index is 0.158. The molecule has 0 amide bonds. The zero-order valence-corrected chi connectivity index (χ0v) is 12.0. The summed E-state index contributed by atoms with van der Waals surface area (Å²) >= 11 is 0. The molecule has 2 unspecified atom stereocenters. The molecule has 0 aliphatic rings. The summed E-state index contributed by atoms with van der Waals surface area (Å²) in [5, 5.41) is 22.0. The van der Waals surface area contributed by atoms with Crippen LogP contribution in [-0.4, -0.2) is 30.5 Å². The second-order valence-electron chi connectivity index (χ2n) is 4.85. The maximum absolute atomic E-state index is 9.57. The highest BCUT2D eigenvalue weighted by Gasteiger charge is 2.11. The first kappa shape index (κ1) is 15.8. The van der Waals surface area contributed by atoms with E-state index in [1.165, 1.54) is 0 Å². The Bertz CT molecular complexity index is 382. The molecule has 4 nitrogen and oxygen atoms in total. The molecule has 0 spiro atoms. The van der Waals surface area contributed by atoms with Gasteiger partial charge in [-0.1, -0.05) is 19.4 Å². The van der Waals surface area contributed by atoms with Crippen molar-refractivity contribution in [2.75, 3.05) is 20.3 Å². The van der Waals surface area contributed by atoms with Crippen molar-refractivity contribution in [1.29, 1.82) is 0 Å². The second-order valence-corrected chi connectivity index (χ2v) is 4.85. The Morgan fingerprint density at radius 2 is 2.11 bits per heavy atom. The Morgan fingerprint density at radius 3 is 2.68 bits per heavy atom. The Morgan fingerprint density at radius 1 is 1.37 bits per heavy atom. The zero-order valence-electron chi connectivity index (χ0n) is 12.0. The third kappa shape index (κ3) is 4.73. The largest absolute Gasteiger partial charge is 0.504 e. The fourth-order valence-corrected chi connectivity index (χ4v) is 2.06. The van der Waals surface area contributed by atoms with E-state index in [2.05, 4.69) is 19.2 Å². The van der Waals surface area contributed by atoms with E-state index in [-0.39, 0.29) is 18.4 Å². The number of methoxy groups -OCH3 is 1. The summed E-state index contributed by atoms with van der Waals surface area (Å²) in [5.41, 5.74) is 1.08. The highest BCUT2D eigenvalue weighted by atomic mass is 16.5. The molecule has 0 fully saturated rings. The Kier molecular flexibility index (Phi) is 6.67.